The minimum atomic E-state index is -0.0117. The number of benzene rings is 1. The molecule has 0 radical (unpaired) electrons. The Kier molecular flexibility index (Phi) is 2.89. The average molecular weight is 209 g/mol. The van der Waals surface area contributed by atoms with E-state index >= 15 is 0 Å². The number of nitrogens with one attached hydrogen (secondary N) is 1. The lowest BCUT2D eigenvalue weighted by atomic mass is 9.99. The molecular formula is C13H11N3. The topological polar surface area (TPSA) is 63.4 Å². The zero-order valence-corrected chi connectivity index (χ0v) is 8.77. The number of fused-ring (bicyclic) bond motifs is 1. The van der Waals surface area contributed by atoms with Crippen LogP contribution in [0.3, 0.4) is 0 Å². The molecular weight excluding hydrogens is 198 g/mol. The van der Waals surface area contributed by atoms with Crippen LogP contribution < -0.4 is 0 Å². The Hall–Kier alpha value is -2.26. The molecule has 0 bridgehead atoms. The van der Waals surface area contributed by atoms with E-state index in [1.807, 2.05) is 30.3 Å². The highest BCUT2D eigenvalue weighted by Gasteiger charge is 2.13. The van der Waals surface area contributed by atoms with Gasteiger partial charge in [0.25, 0.3) is 0 Å². The molecule has 2 aromatic rings. The van der Waals surface area contributed by atoms with Crippen LogP contribution in [0.1, 0.15) is 24.5 Å². The molecule has 0 amide bonds. The Morgan fingerprint density at radius 1 is 1.12 bits per heavy atom. The highest BCUT2D eigenvalue weighted by Crippen LogP contribution is 2.25. The number of para-hydroxylation sites is 1. The third kappa shape index (κ3) is 1.89. The molecule has 78 valence electrons. The molecule has 0 aliphatic carbocycles. The van der Waals surface area contributed by atoms with Crippen molar-refractivity contribution < 1.29 is 0 Å². The molecule has 1 aromatic carbocycles. The van der Waals surface area contributed by atoms with Crippen LogP contribution in [0.4, 0.5) is 0 Å². The predicted octanol–water partition coefficient (Wildman–Crippen LogP) is 3.08. The maximum atomic E-state index is 8.73. The summed E-state index contributed by atoms with van der Waals surface area (Å²) in [5.41, 5.74) is 2.03. The van der Waals surface area contributed by atoms with Crippen LogP contribution in [0.25, 0.3) is 10.9 Å². The molecule has 2 rings (SSSR count). The van der Waals surface area contributed by atoms with Gasteiger partial charge in [-0.2, -0.15) is 10.5 Å². The zero-order chi connectivity index (χ0) is 11.4. The van der Waals surface area contributed by atoms with E-state index < -0.39 is 0 Å². The lowest BCUT2D eigenvalue weighted by Crippen LogP contribution is -1.96. The predicted molar refractivity (Wildman–Crippen MR) is 61.5 cm³/mol. The standard InChI is InChI=1S/C13H11N3/c14-7-5-10(6-8-15)13-9-11-3-1-2-4-12(11)16-13/h1-4,9-10,16H,5-6H2. The number of H-pyrrole nitrogens is 1. The van der Waals surface area contributed by atoms with Gasteiger partial charge in [-0.05, 0) is 17.5 Å². The van der Waals surface area contributed by atoms with Crippen molar-refractivity contribution in [3.05, 3.63) is 36.0 Å². The van der Waals surface area contributed by atoms with E-state index in [2.05, 4.69) is 17.1 Å². The van der Waals surface area contributed by atoms with Gasteiger partial charge in [-0.3, -0.25) is 0 Å². The SMILES string of the molecule is N#CCC(CC#N)c1cc2ccccc2[nH]1. The summed E-state index contributed by atoms with van der Waals surface area (Å²) in [7, 11) is 0. The molecule has 1 N–H and O–H groups in total. The Bertz CT molecular complexity index is 520. The first-order valence-electron chi connectivity index (χ1n) is 5.16. The molecule has 0 saturated heterocycles. The monoisotopic (exact) mass is 209 g/mol. The van der Waals surface area contributed by atoms with Gasteiger partial charge in [-0.1, -0.05) is 18.2 Å². The first-order valence-corrected chi connectivity index (χ1v) is 5.16. The van der Waals surface area contributed by atoms with E-state index in [1.165, 1.54) is 0 Å². The van der Waals surface area contributed by atoms with Crippen LogP contribution in [0, 0.1) is 22.7 Å². The fourth-order valence-corrected chi connectivity index (χ4v) is 1.83. The molecule has 0 aliphatic rings. The maximum absolute atomic E-state index is 8.73. The van der Waals surface area contributed by atoms with Crippen molar-refractivity contribution in [1.29, 1.82) is 10.5 Å². The minimum Gasteiger partial charge on any atom is -0.358 e. The number of rotatable bonds is 3. The van der Waals surface area contributed by atoms with Crippen LogP contribution in [-0.2, 0) is 0 Å². The molecule has 0 aliphatic heterocycles. The number of nitriles is 2. The van der Waals surface area contributed by atoms with E-state index in [0.717, 1.165) is 16.6 Å². The third-order valence-corrected chi connectivity index (χ3v) is 2.67. The maximum Gasteiger partial charge on any atom is 0.0629 e. The second-order valence-electron chi connectivity index (χ2n) is 3.73. The average Bonchev–Trinajstić information content (AvgIpc) is 2.72. The van der Waals surface area contributed by atoms with Gasteiger partial charge in [-0.15, -0.1) is 0 Å². The van der Waals surface area contributed by atoms with Crippen molar-refractivity contribution >= 4 is 10.9 Å². The van der Waals surface area contributed by atoms with E-state index in [1.54, 1.807) is 0 Å². The fraction of sp³-hybridized carbons (Fsp3) is 0.231. The van der Waals surface area contributed by atoms with Gasteiger partial charge < -0.3 is 4.98 Å². The molecule has 1 aromatic heterocycles. The molecule has 0 saturated carbocycles. The Balaban J connectivity index is 2.38. The summed E-state index contributed by atoms with van der Waals surface area (Å²) in [6.07, 6.45) is 0.751. The van der Waals surface area contributed by atoms with Crippen LogP contribution in [-0.4, -0.2) is 4.98 Å². The smallest absolute Gasteiger partial charge is 0.0629 e. The number of nitrogens with zero attached hydrogens (tertiary/aromatic N) is 2. The van der Waals surface area contributed by atoms with E-state index in [0.29, 0.717) is 12.8 Å². The second-order valence-corrected chi connectivity index (χ2v) is 3.73. The first kappa shape index (κ1) is 10.3. The molecule has 0 fully saturated rings. The van der Waals surface area contributed by atoms with Gasteiger partial charge in [0.2, 0.25) is 0 Å². The number of hydrogen-bond acceptors (Lipinski definition) is 2. The van der Waals surface area contributed by atoms with Crippen LogP contribution in [0.2, 0.25) is 0 Å². The van der Waals surface area contributed by atoms with E-state index in [4.69, 9.17) is 10.5 Å². The molecule has 16 heavy (non-hydrogen) atoms. The van der Waals surface area contributed by atoms with Crippen LogP contribution >= 0.6 is 0 Å². The first-order chi connectivity index (χ1) is 7.85. The zero-order valence-electron chi connectivity index (χ0n) is 8.77. The molecule has 0 atom stereocenters. The number of aromatic nitrogens is 1. The molecule has 3 heteroatoms. The fourth-order valence-electron chi connectivity index (χ4n) is 1.83. The van der Waals surface area contributed by atoms with Gasteiger partial charge in [0.1, 0.15) is 0 Å². The summed E-state index contributed by atoms with van der Waals surface area (Å²) in [5.74, 6) is -0.0117. The van der Waals surface area contributed by atoms with Crippen molar-refractivity contribution in [2.24, 2.45) is 0 Å². The van der Waals surface area contributed by atoms with Gasteiger partial charge in [0.05, 0.1) is 12.1 Å². The molecule has 3 nitrogen and oxygen atoms in total. The highest BCUT2D eigenvalue weighted by molar-refractivity contribution is 5.80. The van der Waals surface area contributed by atoms with E-state index in [9.17, 15) is 0 Å². The highest BCUT2D eigenvalue weighted by atomic mass is 14.7. The Morgan fingerprint density at radius 3 is 2.44 bits per heavy atom. The Morgan fingerprint density at radius 2 is 1.81 bits per heavy atom. The number of hydrogen-bond donors (Lipinski definition) is 1. The van der Waals surface area contributed by atoms with Crippen molar-refractivity contribution in [2.45, 2.75) is 18.8 Å². The van der Waals surface area contributed by atoms with Crippen molar-refractivity contribution in [1.82, 2.24) is 4.98 Å². The quantitative estimate of drug-likeness (QED) is 0.844. The molecule has 1 heterocycles. The van der Waals surface area contributed by atoms with Crippen LogP contribution in [0.15, 0.2) is 30.3 Å². The molecule has 0 spiro atoms. The normalized spacial score (nSPS) is 10.2. The van der Waals surface area contributed by atoms with Crippen molar-refractivity contribution in [2.75, 3.05) is 0 Å². The van der Waals surface area contributed by atoms with Gasteiger partial charge in [-0.25, -0.2) is 0 Å². The lowest BCUT2D eigenvalue weighted by Gasteiger charge is -2.05. The van der Waals surface area contributed by atoms with Crippen LogP contribution in [0.5, 0.6) is 0 Å². The minimum absolute atomic E-state index is 0.0117. The number of aromatic amines is 1. The summed E-state index contributed by atoms with van der Waals surface area (Å²) < 4.78 is 0. The summed E-state index contributed by atoms with van der Waals surface area (Å²) in [4.78, 5) is 3.26. The lowest BCUT2D eigenvalue weighted by molar-refractivity contribution is 0.708. The summed E-state index contributed by atoms with van der Waals surface area (Å²) >= 11 is 0. The van der Waals surface area contributed by atoms with Gasteiger partial charge in [0, 0.05) is 30.0 Å². The van der Waals surface area contributed by atoms with E-state index in [-0.39, 0.29) is 5.92 Å². The molecule has 0 unspecified atom stereocenters. The largest absolute Gasteiger partial charge is 0.358 e. The third-order valence-electron chi connectivity index (χ3n) is 2.67. The van der Waals surface area contributed by atoms with Gasteiger partial charge >= 0.3 is 0 Å². The van der Waals surface area contributed by atoms with Crippen molar-refractivity contribution in [3.8, 4) is 12.1 Å². The Labute approximate surface area is 93.9 Å². The summed E-state index contributed by atoms with van der Waals surface area (Å²) in [5, 5.41) is 18.6. The van der Waals surface area contributed by atoms with Crippen molar-refractivity contribution in [3.63, 3.8) is 0 Å². The summed E-state index contributed by atoms with van der Waals surface area (Å²) in [6, 6.07) is 14.2. The summed E-state index contributed by atoms with van der Waals surface area (Å²) in [6.45, 7) is 0. The van der Waals surface area contributed by atoms with Gasteiger partial charge in [0.15, 0.2) is 0 Å². The second kappa shape index (κ2) is 4.51.